The van der Waals surface area contributed by atoms with Crippen molar-refractivity contribution in [3.05, 3.63) is 65.7 Å². The highest BCUT2D eigenvalue weighted by molar-refractivity contribution is 5.83. The molecular weight excluding hydrogens is 288 g/mol. The maximum atomic E-state index is 12.7. The minimum Gasteiger partial charge on any atom is -0.494 e. The third-order valence-electron chi connectivity index (χ3n) is 3.77. The Morgan fingerprint density at radius 2 is 1.78 bits per heavy atom. The van der Waals surface area contributed by atoms with Crippen LogP contribution in [0.3, 0.4) is 0 Å². The third-order valence-corrected chi connectivity index (χ3v) is 3.77. The Bertz CT molecular complexity index is 611. The first-order valence-electron chi connectivity index (χ1n) is 7.87. The van der Waals surface area contributed by atoms with Crippen LogP contribution in [0.2, 0.25) is 0 Å². The molecule has 1 unspecified atom stereocenters. The van der Waals surface area contributed by atoms with Crippen molar-refractivity contribution in [3.63, 3.8) is 0 Å². The Labute approximate surface area is 137 Å². The van der Waals surface area contributed by atoms with Crippen LogP contribution in [0, 0.1) is 0 Å². The summed E-state index contributed by atoms with van der Waals surface area (Å²) in [5, 5.41) is 0. The lowest BCUT2D eigenvalue weighted by Crippen LogP contribution is -2.34. The molecule has 0 bridgehead atoms. The summed E-state index contributed by atoms with van der Waals surface area (Å²) in [5.74, 6) is 0.575. The topological polar surface area (TPSA) is 55.6 Å². The highest BCUT2D eigenvalue weighted by atomic mass is 16.5. The van der Waals surface area contributed by atoms with Gasteiger partial charge in [0.2, 0.25) is 5.91 Å². The van der Waals surface area contributed by atoms with Gasteiger partial charge in [-0.05, 0) is 30.2 Å². The zero-order chi connectivity index (χ0) is 16.7. The Morgan fingerprint density at radius 1 is 1.13 bits per heavy atom. The molecule has 0 saturated carbocycles. The van der Waals surface area contributed by atoms with E-state index in [1.54, 1.807) is 4.90 Å². The first-order valence-corrected chi connectivity index (χ1v) is 7.87. The number of carbonyl (C=O) groups excluding carboxylic acids is 1. The highest BCUT2D eigenvalue weighted by Gasteiger charge is 2.22. The summed E-state index contributed by atoms with van der Waals surface area (Å²) >= 11 is 0. The van der Waals surface area contributed by atoms with Gasteiger partial charge in [-0.1, -0.05) is 42.5 Å². The van der Waals surface area contributed by atoms with Crippen molar-refractivity contribution >= 4 is 5.91 Å². The van der Waals surface area contributed by atoms with Crippen molar-refractivity contribution in [2.75, 3.05) is 20.2 Å². The first-order chi connectivity index (χ1) is 11.2. The molecule has 23 heavy (non-hydrogen) atoms. The minimum absolute atomic E-state index is 0.0348. The lowest BCUT2D eigenvalue weighted by Gasteiger charge is -2.23. The van der Waals surface area contributed by atoms with Crippen LogP contribution < -0.4 is 10.5 Å². The molecule has 0 radical (unpaired) electrons. The molecule has 0 aromatic heterocycles. The van der Waals surface area contributed by atoms with Crippen molar-refractivity contribution in [1.29, 1.82) is 0 Å². The molecule has 1 atom stereocenters. The summed E-state index contributed by atoms with van der Waals surface area (Å²) in [5.41, 5.74) is 7.85. The molecule has 1 amide bonds. The number of ether oxygens (including phenoxy) is 1. The summed E-state index contributed by atoms with van der Waals surface area (Å²) in [6, 6.07) is 17.5. The van der Waals surface area contributed by atoms with Gasteiger partial charge in [0, 0.05) is 20.1 Å². The van der Waals surface area contributed by atoms with Crippen LogP contribution in [-0.4, -0.2) is 31.0 Å². The molecule has 0 spiro atoms. The van der Waals surface area contributed by atoms with Crippen LogP contribution in [0.15, 0.2) is 54.6 Å². The lowest BCUT2D eigenvalue weighted by atomic mass is 9.97. The quantitative estimate of drug-likeness (QED) is 0.855. The summed E-state index contributed by atoms with van der Waals surface area (Å²) < 4.78 is 5.43. The highest BCUT2D eigenvalue weighted by Crippen LogP contribution is 2.19. The summed E-state index contributed by atoms with van der Waals surface area (Å²) in [6.45, 7) is 3.45. The second-order valence-electron chi connectivity index (χ2n) is 5.47. The largest absolute Gasteiger partial charge is 0.494 e. The standard InChI is InChI=1S/C19H24N2O2/c1-3-23-17-11-9-15(10-12-17)14-21(2)19(22)18(13-20)16-7-5-4-6-8-16/h4-12,18H,3,13-14,20H2,1-2H3. The maximum absolute atomic E-state index is 12.7. The molecule has 0 fully saturated rings. The number of hydrogen-bond donors (Lipinski definition) is 1. The van der Waals surface area contributed by atoms with Gasteiger partial charge in [0.1, 0.15) is 5.75 Å². The number of rotatable bonds is 7. The molecule has 4 heteroatoms. The molecule has 122 valence electrons. The minimum atomic E-state index is -0.302. The number of nitrogens with zero attached hydrogens (tertiary/aromatic N) is 1. The van der Waals surface area contributed by atoms with Crippen molar-refractivity contribution in [2.24, 2.45) is 5.73 Å². The molecular formula is C19H24N2O2. The van der Waals surface area contributed by atoms with Crippen LogP contribution in [0.5, 0.6) is 5.75 Å². The van der Waals surface area contributed by atoms with E-state index in [9.17, 15) is 4.79 Å². The van der Waals surface area contributed by atoms with Gasteiger partial charge < -0.3 is 15.4 Å². The predicted octanol–water partition coefficient (Wildman–Crippen LogP) is 2.79. The van der Waals surface area contributed by atoms with Crippen LogP contribution in [-0.2, 0) is 11.3 Å². The van der Waals surface area contributed by atoms with Crippen molar-refractivity contribution in [2.45, 2.75) is 19.4 Å². The van der Waals surface area contributed by atoms with Crippen molar-refractivity contribution < 1.29 is 9.53 Å². The van der Waals surface area contributed by atoms with Crippen LogP contribution in [0.4, 0.5) is 0 Å². The summed E-state index contributed by atoms with van der Waals surface area (Å²) in [7, 11) is 1.81. The Morgan fingerprint density at radius 3 is 2.35 bits per heavy atom. The zero-order valence-electron chi connectivity index (χ0n) is 13.7. The molecule has 0 aliphatic rings. The van der Waals surface area contributed by atoms with Gasteiger partial charge >= 0.3 is 0 Å². The van der Waals surface area contributed by atoms with Crippen LogP contribution >= 0.6 is 0 Å². The second-order valence-corrected chi connectivity index (χ2v) is 5.47. The SMILES string of the molecule is CCOc1ccc(CN(C)C(=O)C(CN)c2ccccc2)cc1. The normalized spacial score (nSPS) is 11.8. The van der Waals surface area contributed by atoms with Gasteiger partial charge in [0.15, 0.2) is 0 Å². The smallest absolute Gasteiger partial charge is 0.231 e. The molecule has 0 aliphatic heterocycles. The Balaban J connectivity index is 2.03. The monoisotopic (exact) mass is 312 g/mol. The number of nitrogens with two attached hydrogens (primary N) is 1. The van der Waals surface area contributed by atoms with E-state index in [1.807, 2.05) is 68.6 Å². The zero-order valence-corrected chi connectivity index (χ0v) is 13.7. The number of amides is 1. The van der Waals surface area contributed by atoms with E-state index in [4.69, 9.17) is 10.5 Å². The number of benzene rings is 2. The molecule has 2 aromatic rings. The molecule has 4 nitrogen and oxygen atoms in total. The van der Waals surface area contributed by atoms with Gasteiger partial charge in [-0.15, -0.1) is 0 Å². The van der Waals surface area contributed by atoms with Gasteiger partial charge in [-0.25, -0.2) is 0 Å². The third kappa shape index (κ3) is 4.57. The fourth-order valence-corrected chi connectivity index (χ4v) is 2.54. The Kier molecular flexibility index (Phi) is 6.18. The lowest BCUT2D eigenvalue weighted by molar-refractivity contribution is -0.131. The van der Waals surface area contributed by atoms with Crippen molar-refractivity contribution in [3.8, 4) is 5.75 Å². The van der Waals surface area contributed by atoms with Crippen molar-refractivity contribution in [1.82, 2.24) is 4.90 Å². The molecule has 0 heterocycles. The van der Waals surface area contributed by atoms with Gasteiger partial charge in [0.05, 0.1) is 12.5 Å². The van der Waals surface area contributed by atoms with E-state index in [0.29, 0.717) is 19.7 Å². The van der Waals surface area contributed by atoms with Crippen LogP contribution in [0.25, 0.3) is 0 Å². The fourth-order valence-electron chi connectivity index (χ4n) is 2.54. The van der Waals surface area contributed by atoms with E-state index in [-0.39, 0.29) is 11.8 Å². The van der Waals surface area contributed by atoms with Gasteiger partial charge in [-0.3, -0.25) is 4.79 Å². The Hall–Kier alpha value is -2.33. The fraction of sp³-hybridized carbons (Fsp3) is 0.316. The van der Waals surface area contributed by atoms with E-state index < -0.39 is 0 Å². The summed E-state index contributed by atoms with van der Waals surface area (Å²) in [6.07, 6.45) is 0. The first kappa shape index (κ1) is 17.0. The maximum Gasteiger partial charge on any atom is 0.231 e. The predicted molar refractivity (Wildman–Crippen MR) is 92.3 cm³/mol. The molecule has 2 rings (SSSR count). The molecule has 2 N–H and O–H groups in total. The average molecular weight is 312 g/mol. The molecule has 2 aromatic carbocycles. The van der Waals surface area contributed by atoms with Gasteiger partial charge in [-0.2, -0.15) is 0 Å². The van der Waals surface area contributed by atoms with E-state index in [1.165, 1.54) is 0 Å². The second kappa shape index (κ2) is 8.34. The number of likely N-dealkylation sites (N-methyl/N-ethyl adjacent to an activating group) is 1. The van der Waals surface area contributed by atoms with E-state index in [2.05, 4.69) is 0 Å². The van der Waals surface area contributed by atoms with Crippen LogP contribution in [0.1, 0.15) is 24.0 Å². The average Bonchev–Trinajstić information content (AvgIpc) is 2.58. The van der Waals surface area contributed by atoms with E-state index in [0.717, 1.165) is 16.9 Å². The molecule has 0 aliphatic carbocycles. The molecule has 0 saturated heterocycles. The summed E-state index contributed by atoms with van der Waals surface area (Å²) in [4.78, 5) is 14.4. The van der Waals surface area contributed by atoms with Gasteiger partial charge in [0.25, 0.3) is 0 Å². The van der Waals surface area contributed by atoms with E-state index >= 15 is 0 Å². The number of hydrogen-bond acceptors (Lipinski definition) is 3. The number of carbonyl (C=O) groups is 1.